The minimum atomic E-state index is -0.559. The van der Waals surface area contributed by atoms with Gasteiger partial charge in [0.15, 0.2) is 0 Å². The van der Waals surface area contributed by atoms with Crippen LogP contribution in [0.15, 0.2) is 24.3 Å². The van der Waals surface area contributed by atoms with Gasteiger partial charge >= 0.3 is 0 Å². The lowest BCUT2D eigenvalue weighted by Gasteiger charge is -2.56. The number of primary amides is 1. The van der Waals surface area contributed by atoms with Gasteiger partial charge in [0, 0.05) is 23.6 Å². The minimum Gasteiger partial charge on any atom is -0.507 e. The van der Waals surface area contributed by atoms with Crippen molar-refractivity contribution < 1.29 is 9.90 Å². The van der Waals surface area contributed by atoms with Crippen LogP contribution in [0.3, 0.4) is 0 Å². The van der Waals surface area contributed by atoms with Crippen LogP contribution in [0.4, 0.5) is 0 Å². The van der Waals surface area contributed by atoms with Gasteiger partial charge in [0.05, 0.1) is 5.56 Å². The Morgan fingerprint density at radius 2 is 2.11 bits per heavy atom. The molecule has 2 saturated carbocycles. The lowest BCUT2D eigenvalue weighted by molar-refractivity contribution is 0.00241. The summed E-state index contributed by atoms with van der Waals surface area (Å²) in [6.45, 7) is 11.0. The fraction of sp³-hybridized carbons (Fsp3) is 0.625. The van der Waals surface area contributed by atoms with E-state index in [4.69, 9.17) is 5.73 Å². The number of carbonyl (C=O) groups is 1. The molecule has 4 rings (SSSR count). The Labute approximate surface area is 168 Å². The molecule has 1 aromatic carbocycles. The van der Waals surface area contributed by atoms with Crippen LogP contribution in [-0.2, 0) is 5.41 Å². The Balaban J connectivity index is 1.75. The van der Waals surface area contributed by atoms with Crippen molar-refractivity contribution in [1.82, 2.24) is 4.90 Å². The zero-order valence-electron chi connectivity index (χ0n) is 17.3. The molecule has 1 amide bonds. The number of nitrogens with two attached hydrogens (primary N) is 1. The molecular formula is C24H34N2O2. The van der Waals surface area contributed by atoms with Crippen molar-refractivity contribution in [3.63, 3.8) is 0 Å². The summed E-state index contributed by atoms with van der Waals surface area (Å²) in [6, 6.07) is 4.08. The van der Waals surface area contributed by atoms with E-state index in [1.807, 2.05) is 6.07 Å². The first-order valence-corrected chi connectivity index (χ1v) is 10.9. The second-order valence-electron chi connectivity index (χ2n) is 9.53. The van der Waals surface area contributed by atoms with Crippen molar-refractivity contribution in [2.45, 2.75) is 70.3 Å². The zero-order valence-corrected chi connectivity index (χ0v) is 17.3. The number of fused-ring (bicyclic) bond motifs is 1. The highest BCUT2D eigenvalue weighted by Gasteiger charge is 2.51. The number of hydrogen-bond donors (Lipinski definition) is 2. The maximum Gasteiger partial charge on any atom is 0.252 e. The van der Waals surface area contributed by atoms with Gasteiger partial charge in [-0.1, -0.05) is 24.6 Å². The molecule has 4 nitrogen and oxygen atoms in total. The van der Waals surface area contributed by atoms with Crippen molar-refractivity contribution in [2.75, 3.05) is 13.1 Å². The molecule has 3 aliphatic rings. The summed E-state index contributed by atoms with van der Waals surface area (Å²) < 4.78 is 0. The number of phenols is 1. The Kier molecular flexibility index (Phi) is 5.03. The van der Waals surface area contributed by atoms with Crippen LogP contribution in [0.25, 0.3) is 0 Å². The number of nitrogens with zero attached hydrogens (tertiary/aromatic N) is 1. The molecule has 0 radical (unpaired) electrons. The van der Waals surface area contributed by atoms with Crippen molar-refractivity contribution in [3.8, 4) is 5.75 Å². The molecule has 3 atom stereocenters. The highest BCUT2D eigenvalue weighted by molar-refractivity contribution is 5.96. The summed E-state index contributed by atoms with van der Waals surface area (Å²) in [6.07, 6.45) is 8.18. The highest BCUT2D eigenvalue weighted by Crippen LogP contribution is 2.56. The largest absolute Gasteiger partial charge is 0.507 e. The molecule has 2 aliphatic carbocycles. The van der Waals surface area contributed by atoms with Crippen molar-refractivity contribution >= 4 is 5.91 Å². The molecule has 0 aromatic heterocycles. The normalized spacial score (nSPS) is 31.3. The Hall–Kier alpha value is -1.81. The zero-order chi connectivity index (χ0) is 20.1. The number of rotatable bonds is 4. The van der Waals surface area contributed by atoms with Gasteiger partial charge in [-0.25, -0.2) is 0 Å². The first-order chi connectivity index (χ1) is 13.3. The smallest absolute Gasteiger partial charge is 0.252 e. The fourth-order valence-corrected chi connectivity index (χ4v) is 6.26. The van der Waals surface area contributed by atoms with E-state index >= 15 is 0 Å². The third kappa shape index (κ3) is 3.06. The van der Waals surface area contributed by atoms with Gasteiger partial charge in [0.2, 0.25) is 0 Å². The fourth-order valence-electron chi connectivity index (χ4n) is 6.26. The van der Waals surface area contributed by atoms with Crippen molar-refractivity contribution in [1.29, 1.82) is 0 Å². The topological polar surface area (TPSA) is 66.6 Å². The molecule has 28 heavy (non-hydrogen) atoms. The summed E-state index contributed by atoms with van der Waals surface area (Å²) in [5, 5.41) is 11.1. The molecule has 1 saturated heterocycles. The number of piperidine rings is 1. The molecular weight excluding hydrogens is 348 g/mol. The molecule has 1 aliphatic heterocycles. The monoisotopic (exact) mass is 382 g/mol. The minimum absolute atomic E-state index is 0.104. The number of hydrogen-bond acceptors (Lipinski definition) is 3. The standard InChI is InChI=1S/C24H34N2O2/c1-15-7-10-20-17(3)26(14-18-5-4-6-18)12-11-24(20,13-15)21-16(2)8-9-19(22(21)27)23(25)28/h8-9,17-18,20,27H,1,4-7,10-14H2,2-3H3,(H2,25,28)/t17-,20+,24+/m1/s1. The molecule has 1 aromatic rings. The van der Waals surface area contributed by atoms with Gasteiger partial charge in [-0.05, 0) is 82.4 Å². The molecule has 0 spiro atoms. The van der Waals surface area contributed by atoms with Crippen LogP contribution in [0.1, 0.15) is 73.4 Å². The number of likely N-dealkylation sites (tertiary alicyclic amines) is 1. The predicted molar refractivity (Wildman–Crippen MR) is 113 cm³/mol. The van der Waals surface area contributed by atoms with E-state index in [-0.39, 0.29) is 16.7 Å². The molecule has 3 fully saturated rings. The van der Waals surface area contributed by atoms with Crippen molar-refractivity contribution in [3.05, 3.63) is 41.0 Å². The molecule has 1 heterocycles. The third-order valence-corrected chi connectivity index (χ3v) is 7.95. The van der Waals surface area contributed by atoms with Gasteiger partial charge in [0.25, 0.3) is 5.91 Å². The highest BCUT2D eigenvalue weighted by atomic mass is 16.3. The quantitative estimate of drug-likeness (QED) is 0.764. The van der Waals surface area contributed by atoms with E-state index in [0.29, 0.717) is 12.0 Å². The van der Waals surface area contributed by atoms with Gasteiger partial charge in [-0.2, -0.15) is 0 Å². The van der Waals surface area contributed by atoms with E-state index in [1.54, 1.807) is 6.07 Å². The second kappa shape index (κ2) is 7.22. The number of carbonyl (C=O) groups excluding carboxylic acids is 1. The third-order valence-electron chi connectivity index (χ3n) is 7.95. The predicted octanol–water partition coefficient (Wildman–Crippen LogP) is 4.29. The summed E-state index contributed by atoms with van der Waals surface area (Å²) in [5.41, 5.74) is 8.92. The van der Waals surface area contributed by atoms with E-state index in [2.05, 4.69) is 25.3 Å². The van der Waals surface area contributed by atoms with Crippen LogP contribution in [0.5, 0.6) is 5.75 Å². The first-order valence-electron chi connectivity index (χ1n) is 10.9. The average molecular weight is 383 g/mol. The van der Waals surface area contributed by atoms with Crippen LogP contribution < -0.4 is 5.73 Å². The van der Waals surface area contributed by atoms with Crippen LogP contribution in [0.2, 0.25) is 0 Å². The van der Waals surface area contributed by atoms with E-state index in [1.165, 1.54) is 31.4 Å². The summed E-state index contributed by atoms with van der Waals surface area (Å²) >= 11 is 0. The average Bonchev–Trinajstić information content (AvgIpc) is 2.59. The maximum absolute atomic E-state index is 11.9. The summed E-state index contributed by atoms with van der Waals surface area (Å²) in [7, 11) is 0. The molecule has 0 bridgehead atoms. The van der Waals surface area contributed by atoms with Gasteiger partial charge in [-0.15, -0.1) is 0 Å². The lowest BCUT2D eigenvalue weighted by atomic mass is 9.55. The van der Waals surface area contributed by atoms with Gasteiger partial charge in [0.1, 0.15) is 5.75 Å². The van der Waals surface area contributed by atoms with Crippen LogP contribution >= 0.6 is 0 Å². The number of benzene rings is 1. The molecule has 3 N–H and O–H groups in total. The Bertz CT molecular complexity index is 798. The number of aryl methyl sites for hydroxylation is 1. The number of amides is 1. The van der Waals surface area contributed by atoms with Crippen LogP contribution in [-0.4, -0.2) is 35.0 Å². The SMILES string of the molecule is C=C1CC[C@H]2[C@@H](C)N(CC3CCC3)CC[C@]2(c2c(C)ccc(C(N)=O)c2O)C1. The van der Waals surface area contributed by atoms with Gasteiger partial charge < -0.3 is 15.7 Å². The summed E-state index contributed by atoms with van der Waals surface area (Å²) in [5.74, 6) is 0.866. The number of aromatic hydroxyl groups is 1. The van der Waals surface area contributed by atoms with Gasteiger partial charge in [-0.3, -0.25) is 4.79 Å². The molecule has 152 valence electrons. The van der Waals surface area contributed by atoms with Crippen LogP contribution in [0, 0.1) is 18.8 Å². The van der Waals surface area contributed by atoms with E-state index < -0.39 is 5.91 Å². The first kappa shape index (κ1) is 19.5. The van der Waals surface area contributed by atoms with Crippen molar-refractivity contribution in [2.24, 2.45) is 17.6 Å². The van der Waals surface area contributed by atoms with E-state index in [0.717, 1.165) is 49.3 Å². The molecule has 4 heteroatoms. The van der Waals surface area contributed by atoms with E-state index in [9.17, 15) is 9.90 Å². The Morgan fingerprint density at radius 3 is 2.75 bits per heavy atom. The lowest BCUT2D eigenvalue weighted by Crippen LogP contribution is -2.57. The maximum atomic E-state index is 11.9. The number of allylic oxidation sites excluding steroid dienone is 1. The summed E-state index contributed by atoms with van der Waals surface area (Å²) in [4.78, 5) is 14.6. The second-order valence-corrected chi connectivity index (χ2v) is 9.53. The Morgan fingerprint density at radius 1 is 1.36 bits per heavy atom. The molecule has 0 unspecified atom stereocenters.